The van der Waals surface area contributed by atoms with Crippen LogP contribution in [0.1, 0.15) is 57.9 Å². The molecule has 0 aliphatic heterocycles. The van der Waals surface area contributed by atoms with Crippen LogP contribution in [0.5, 0.6) is 0 Å². The second-order valence-electron chi connectivity index (χ2n) is 9.60. The largest absolute Gasteiger partial charge is 0.350 e. The summed E-state index contributed by atoms with van der Waals surface area (Å²) in [6.07, 6.45) is 7.04. The number of carbonyl (C=O) groups is 2. The number of benzene rings is 1. The van der Waals surface area contributed by atoms with Crippen molar-refractivity contribution in [3.05, 3.63) is 35.9 Å². The Balaban J connectivity index is 1.40. The molecule has 0 unspecified atom stereocenters. The van der Waals surface area contributed by atoms with Gasteiger partial charge in [-0.3, -0.25) is 9.59 Å². The van der Waals surface area contributed by atoms with Crippen molar-refractivity contribution in [3.63, 3.8) is 0 Å². The quantitative estimate of drug-likeness (QED) is 0.805. The number of nitrogens with one attached hydrogen (secondary N) is 2. The molecule has 2 N–H and O–H groups in total. The van der Waals surface area contributed by atoms with Gasteiger partial charge in [-0.05, 0) is 67.8 Å². The maximum atomic E-state index is 13.3. The summed E-state index contributed by atoms with van der Waals surface area (Å²) >= 11 is 0. The van der Waals surface area contributed by atoms with Gasteiger partial charge in [0.15, 0.2) is 0 Å². The first-order chi connectivity index (χ1) is 12.9. The molecule has 0 radical (unpaired) electrons. The van der Waals surface area contributed by atoms with Crippen LogP contribution in [-0.4, -0.2) is 17.9 Å². The summed E-state index contributed by atoms with van der Waals surface area (Å²) in [4.78, 5) is 26.1. The molecule has 4 heteroatoms. The van der Waals surface area contributed by atoms with Crippen molar-refractivity contribution >= 4 is 11.8 Å². The summed E-state index contributed by atoms with van der Waals surface area (Å²) < 4.78 is 0. The first-order valence-corrected chi connectivity index (χ1v) is 10.6. The SMILES string of the molecule is CC(C)[C@H](NC(=O)C12CC3CC(CC(C3)C1)C2)C(=O)NCc1ccccc1. The van der Waals surface area contributed by atoms with E-state index in [1.165, 1.54) is 19.3 Å². The molecule has 27 heavy (non-hydrogen) atoms. The molecule has 0 heterocycles. The van der Waals surface area contributed by atoms with Gasteiger partial charge in [-0.25, -0.2) is 0 Å². The lowest BCUT2D eigenvalue weighted by Gasteiger charge is -2.55. The van der Waals surface area contributed by atoms with E-state index in [-0.39, 0.29) is 23.1 Å². The lowest BCUT2D eigenvalue weighted by molar-refractivity contribution is -0.149. The molecular weight excluding hydrogens is 336 g/mol. The molecule has 0 saturated heterocycles. The van der Waals surface area contributed by atoms with E-state index < -0.39 is 6.04 Å². The minimum absolute atomic E-state index is 0.0682. The van der Waals surface area contributed by atoms with Gasteiger partial charge in [0.25, 0.3) is 0 Å². The highest BCUT2D eigenvalue weighted by Crippen LogP contribution is 2.60. The maximum Gasteiger partial charge on any atom is 0.243 e. The number of hydrogen-bond donors (Lipinski definition) is 2. The Kier molecular flexibility index (Phi) is 5.00. The summed E-state index contributed by atoms with van der Waals surface area (Å²) in [5.41, 5.74) is 0.863. The van der Waals surface area contributed by atoms with E-state index in [2.05, 4.69) is 10.6 Å². The fraction of sp³-hybridized carbons (Fsp3) is 0.652. The van der Waals surface area contributed by atoms with Crippen LogP contribution < -0.4 is 10.6 Å². The molecule has 146 valence electrons. The van der Waals surface area contributed by atoms with Crippen molar-refractivity contribution in [2.24, 2.45) is 29.1 Å². The molecule has 0 aromatic heterocycles. The van der Waals surface area contributed by atoms with Gasteiger partial charge in [-0.2, -0.15) is 0 Å². The second-order valence-corrected chi connectivity index (χ2v) is 9.60. The Hall–Kier alpha value is -1.84. The third-order valence-electron chi connectivity index (χ3n) is 7.07. The molecule has 0 spiro atoms. The monoisotopic (exact) mass is 368 g/mol. The second kappa shape index (κ2) is 7.29. The van der Waals surface area contributed by atoms with Crippen LogP contribution in [0, 0.1) is 29.1 Å². The molecule has 4 nitrogen and oxygen atoms in total. The molecule has 5 rings (SSSR count). The molecule has 4 bridgehead atoms. The summed E-state index contributed by atoms with van der Waals surface area (Å²) in [5.74, 6) is 2.31. The third-order valence-corrected chi connectivity index (χ3v) is 7.07. The fourth-order valence-electron chi connectivity index (χ4n) is 6.11. The highest BCUT2D eigenvalue weighted by Gasteiger charge is 2.55. The van der Waals surface area contributed by atoms with Crippen LogP contribution in [0.4, 0.5) is 0 Å². The predicted octanol–water partition coefficient (Wildman–Crippen LogP) is 3.66. The zero-order valence-electron chi connectivity index (χ0n) is 16.5. The summed E-state index contributed by atoms with van der Waals surface area (Å²) in [6.45, 7) is 4.51. The standard InChI is InChI=1S/C23H32N2O2/c1-15(2)20(21(26)24-14-16-6-4-3-5-7-16)25-22(27)23-11-17-8-18(12-23)10-19(9-17)13-23/h3-7,15,17-20H,8-14H2,1-2H3,(H,24,26)(H,25,27)/t17?,18?,19?,20-,23?/m0/s1. The third kappa shape index (κ3) is 3.76. The van der Waals surface area contributed by atoms with Crippen LogP contribution in [-0.2, 0) is 16.1 Å². The number of amides is 2. The summed E-state index contributed by atoms with van der Waals surface area (Å²) in [5, 5.41) is 6.16. The molecule has 1 aromatic carbocycles. The van der Waals surface area contributed by atoms with Gasteiger partial charge in [-0.1, -0.05) is 44.2 Å². The maximum absolute atomic E-state index is 13.3. The van der Waals surface area contributed by atoms with E-state index in [9.17, 15) is 9.59 Å². The zero-order chi connectivity index (χ0) is 19.0. The van der Waals surface area contributed by atoms with E-state index in [4.69, 9.17) is 0 Å². The molecule has 4 aliphatic carbocycles. The number of carbonyl (C=O) groups excluding carboxylic acids is 2. The normalized spacial score (nSPS) is 32.3. The van der Waals surface area contributed by atoms with Gasteiger partial charge in [-0.15, -0.1) is 0 Å². The van der Waals surface area contributed by atoms with Crippen molar-refractivity contribution in [2.45, 2.75) is 65.0 Å². The first-order valence-electron chi connectivity index (χ1n) is 10.6. The van der Waals surface area contributed by atoms with E-state index in [1.807, 2.05) is 44.2 Å². The van der Waals surface area contributed by atoms with E-state index in [1.54, 1.807) is 0 Å². The van der Waals surface area contributed by atoms with Crippen LogP contribution in [0.25, 0.3) is 0 Å². The van der Waals surface area contributed by atoms with Gasteiger partial charge in [0.05, 0.1) is 0 Å². The Labute approximate surface area is 162 Å². The van der Waals surface area contributed by atoms with Crippen molar-refractivity contribution < 1.29 is 9.59 Å². The lowest BCUT2D eigenvalue weighted by atomic mass is 9.49. The molecule has 4 aliphatic rings. The van der Waals surface area contributed by atoms with Crippen molar-refractivity contribution in [1.29, 1.82) is 0 Å². The topological polar surface area (TPSA) is 58.2 Å². The Morgan fingerprint density at radius 3 is 2.07 bits per heavy atom. The molecule has 2 amide bonds. The van der Waals surface area contributed by atoms with Crippen LogP contribution in [0.3, 0.4) is 0 Å². The van der Waals surface area contributed by atoms with Gasteiger partial charge in [0, 0.05) is 12.0 Å². The minimum Gasteiger partial charge on any atom is -0.350 e. The van der Waals surface area contributed by atoms with Gasteiger partial charge in [0.2, 0.25) is 11.8 Å². The average Bonchev–Trinajstić information content (AvgIpc) is 2.63. The van der Waals surface area contributed by atoms with E-state index >= 15 is 0 Å². The van der Waals surface area contributed by atoms with Crippen molar-refractivity contribution in [2.75, 3.05) is 0 Å². The molecular formula is C23H32N2O2. The zero-order valence-corrected chi connectivity index (χ0v) is 16.5. The smallest absolute Gasteiger partial charge is 0.243 e. The van der Waals surface area contributed by atoms with Crippen molar-refractivity contribution in [3.8, 4) is 0 Å². The molecule has 1 atom stereocenters. The Bertz CT molecular complexity index is 662. The Morgan fingerprint density at radius 2 is 1.56 bits per heavy atom. The van der Waals surface area contributed by atoms with E-state index in [0.717, 1.165) is 42.6 Å². The first kappa shape index (κ1) is 18.5. The van der Waals surface area contributed by atoms with Crippen molar-refractivity contribution in [1.82, 2.24) is 10.6 Å². The van der Waals surface area contributed by atoms with Crippen LogP contribution >= 0.6 is 0 Å². The predicted molar refractivity (Wildman–Crippen MR) is 106 cm³/mol. The van der Waals surface area contributed by atoms with Crippen LogP contribution in [0.15, 0.2) is 30.3 Å². The van der Waals surface area contributed by atoms with Gasteiger partial charge in [0.1, 0.15) is 6.04 Å². The fourth-order valence-corrected chi connectivity index (χ4v) is 6.11. The van der Waals surface area contributed by atoms with E-state index in [0.29, 0.717) is 6.54 Å². The molecule has 4 fully saturated rings. The average molecular weight is 369 g/mol. The lowest BCUT2D eigenvalue weighted by Crippen LogP contribution is -2.58. The van der Waals surface area contributed by atoms with Gasteiger partial charge >= 0.3 is 0 Å². The highest BCUT2D eigenvalue weighted by molar-refractivity contribution is 5.90. The Morgan fingerprint density at radius 1 is 1.00 bits per heavy atom. The minimum atomic E-state index is -0.464. The number of hydrogen-bond acceptors (Lipinski definition) is 2. The molecule has 4 saturated carbocycles. The number of rotatable bonds is 6. The molecule has 1 aromatic rings. The highest BCUT2D eigenvalue weighted by atomic mass is 16.2. The van der Waals surface area contributed by atoms with Gasteiger partial charge < -0.3 is 10.6 Å². The van der Waals surface area contributed by atoms with Crippen LogP contribution in [0.2, 0.25) is 0 Å². The summed E-state index contributed by atoms with van der Waals surface area (Å²) in [7, 11) is 0. The summed E-state index contributed by atoms with van der Waals surface area (Å²) in [6, 6.07) is 9.44.